The summed E-state index contributed by atoms with van der Waals surface area (Å²) in [6.07, 6.45) is 6.61. The quantitative estimate of drug-likeness (QED) is 0.884. The predicted octanol–water partition coefficient (Wildman–Crippen LogP) is 3.23. The van der Waals surface area contributed by atoms with E-state index in [2.05, 4.69) is 29.3 Å². The Morgan fingerprint density at radius 1 is 1.44 bits per heavy atom. The second-order valence-corrected chi connectivity index (χ2v) is 7.40. The summed E-state index contributed by atoms with van der Waals surface area (Å²) < 4.78 is 0. The lowest BCUT2D eigenvalue weighted by molar-refractivity contribution is 0.140. The molecule has 2 saturated carbocycles. The molecule has 3 heteroatoms. The first kappa shape index (κ1) is 12.6. The Kier molecular flexibility index (Phi) is 3.48. The van der Waals surface area contributed by atoms with Crippen molar-refractivity contribution < 1.29 is 0 Å². The highest BCUT2D eigenvalue weighted by Crippen LogP contribution is 2.40. The van der Waals surface area contributed by atoms with Gasteiger partial charge in [-0.15, -0.1) is 11.3 Å². The van der Waals surface area contributed by atoms with Gasteiger partial charge in [0.25, 0.3) is 0 Å². The van der Waals surface area contributed by atoms with Crippen molar-refractivity contribution in [3.63, 3.8) is 0 Å². The maximum atomic E-state index is 6.33. The smallest absolute Gasteiger partial charge is 0.0331 e. The normalized spacial score (nSPS) is 32.3. The van der Waals surface area contributed by atoms with E-state index in [4.69, 9.17) is 5.73 Å². The van der Waals surface area contributed by atoms with E-state index in [9.17, 15) is 0 Å². The van der Waals surface area contributed by atoms with Gasteiger partial charge in [-0.2, -0.15) is 0 Å². The largest absolute Gasteiger partial charge is 0.327 e. The molecule has 0 spiro atoms. The fourth-order valence-electron chi connectivity index (χ4n) is 3.28. The molecule has 100 valence electrons. The van der Waals surface area contributed by atoms with Crippen molar-refractivity contribution in [2.75, 3.05) is 6.54 Å². The predicted molar refractivity (Wildman–Crippen MR) is 77.7 cm³/mol. The van der Waals surface area contributed by atoms with Gasteiger partial charge in [0, 0.05) is 30.1 Å². The van der Waals surface area contributed by atoms with Gasteiger partial charge in [-0.25, -0.2) is 0 Å². The van der Waals surface area contributed by atoms with Gasteiger partial charge >= 0.3 is 0 Å². The van der Waals surface area contributed by atoms with Crippen LogP contribution >= 0.6 is 11.3 Å². The van der Waals surface area contributed by atoms with E-state index in [1.54, 1.807) is 0 Å². The molecular formula is C15H24N2S. The molecule has 2 atom stereocenters. The van der Waals surface area contributed by atoms with E-state index < -0.39 is 0 Å². The van der Waals surface area contributed by atoms with Crippen LogP contribution in [0.4, 0.5) is 0 Å². The van der Waals surface area contributed by atoms with Gasteiger partial charge in [-0.05, 0) is 42.5 Å². The molecule has 18 heavy (non-hydrogen) atoms. The zero-order valence-corrected chi connectivity index (χ0v) is 12.1. The van der Waals surface area contributed by atoms with Gasteiger partial charge in [0.05, 0.1) is 0 Å². The van der Waals surface area contributed by atoms with Crippen LogP contribution in [0.3, 0.4) is 0 Å². The minimum absolute atomic E-state index is 0.347. The first-order valence-electron chi connectivity index (χ1n) is 7.19. The Morgan fingerprint density at radius 3 is 2.83 bits per heavy atom. The summed E-state index contributed by atoms with van der Waals surface area (Å²) in [5.41, 5.74) is 6.68. The van der Waals surface area contributed by atoms with Crippen LogP contribution in [0.2, 0.25) is 0 Å². The number of hydrogen-bond donors (Lipinski definition) is 1. The lowest BCUT2D eigenvalue weighted by Crippen LogP contribution is -2.44. The summed E-state index contributed by atoms with van der Waals surface area (Å²) >= 11 is 1.88. The molecule has 0 aromatic carbocycles. The van der Waals surface area contributed by atoms with Crippen molar-refractivity contribution in [2.24, 2.45) is 11.1 Å². The highest BCUT2D eigenvalue weighted by Gasteiger charge is 2.40. The third-order valence-electron chi connectivity index (χ3n) is 4.72. The molecule has 2 nitrogen and oxygen atoms in total. The molecule has 0 saturated heterocycles. The minimum Gasteiger partial charge on any atom is -0.327 e. The van der Waals surface area contributed by atoms with Crippen LogP contribution in [0.15, 0.2) is 17.5 Å². The van der Waals surface area contributed by atoms with Crippen molar-refractivity contribution in [1.82, 2.24) is 4.90 Å². The zero-order valence-electron chi connectivity index (χ0n) is 11.3. The molecular weight excluding hydrogens is 240 g/mol. The Labute approximate surface area is 114 Å². The average Bonchev–Trinajstić information content (AvgIpc) is 2.98. The SMILES string of the molecule is CC1(CN(Cc2cccs2)C2CC2)CCCC1N. The number of nitrogens with zero attached hydrogens (tertiary/aromatic N) is 1. The van der Waals surface area contributed by atoms with Crippen LogP contribution in [-0.2, 0) is 6.54 Å². The molecule has 0 bridgehead atoms. The van der Waals surface area contributed by atoms with Crippen LogP contribution in [0.1, 0.15) is 43.9 Å². The molecule has 0 radical (unpaired) electrons. The number of hydrogen-bond acceptors (Lipinski definition) is 3. The number of nitrogens with two attached hydrogens (primary N) is 1. The molecule has 2 fully saturated rings. The Balaban J connectivity index is 1.67. The lowest BCUT2D eigenvalue weighted by Gasteiger charge is -2.35. The van der Waals surface area contributed by atoms with Gasteiger partial charge in [-0.3, -0.25) is 4.90 Å². The molecule has 2 unspecified atom stereocenters. The standard InChI is InChI=1S/C15H24N2S/c1-15(8-2-5-14(15)16)11-17(12-6-7-12)10-13-4-3-9-18-13/h3-4,9,12,14H,2,5-8,10-11,16H2,1H3. The highest BCUT2D eigenvalue weighted by molar-refractivity contribution is 7.09. The first-order chi connectivity index (χ1) is 8.67. The van der Waals surface area contributed by atoms with Gasteiger partial charge in [0.15, 0.2) is 0 Å². The van der Waals surface area contributed by atoms with Crippen LogP contribution in [-0.4, -0.2) is 23.5 Å². The molecule has 1 heterocycles. The molecule has 3 rings (SSSR count). The van der Waals surface area contributed by atoms with Crippen molar-refractivity contribution >= 4 is 11.3 Å². The number of rotatable bonds is 5. The van der Waals surface area contributed by atoms with Gasteiger partial charge in [-0.1, -0.05) is 19.4 Å². The van der Waals surface area contributed by atoms with Crippen molar-refractivity contribution in [1.29, 1.82) is 0 Å². The molecule has 2 aliphatic rings. The van der Waals surface area contributed by atoms with E-state index in [-0.39, 0.29) is 0 Å². The third-order valence-corrected chi connectivity index (χ3v) is 5.59. The Hall–Kier alpha value is -0.380. The summed E-state index contributed by atoms with van der Waals surface area (Å²) in [4.78, 5) is 4.19. The lowest BCUT2D eigenvalue weighted by atomic mass is 9.84. The fraction of sp³-hybridized carbons (Fsp3) is 0.733. The molecule has 1 aromatic heterocycles. The van der Waals surface area contributed by atoms with E-state index in [0.717, 1.165) is 12.6 Å². The third kappa shape index (κ3) is 2.63. The fourth-order valence-corrected chi connectivity index (χ4v) is 4.01. The topological polar surface area (TPSA) is 29.3 Å². The van der Waals surface area contributed by atoms with E-state index >= 15 is 0 Å². The van der Waals surface area contributed by atoms with E-state index in [1.165, 1.54) is 43.5 Å². The monoisotopic (exact) mass is 264 g/mol. The van der Waals surface area contributed by atoms with Gasteiger partial charge < -0.3 is 5.73 Å². The summed E-state index contributed by atoms with van der Waals surface area (Å²) in [7, 11) is 0. The maximum Gasteiger partial charge on any atom is 0.0331 e. The summed E-state index contributed by atoms with van der Waals surface area (Å²) in [5.74, 6) is 0. The molecule has 0 amide bonds. The van der Waals surface area contributed by atoms with Gasteiger partial charge in [0.1, 0.15) is 0 Å². The summed E-state index contributed by atoms with van der Waals surface area (Å²) in [6.45, 7) is 4.72. The Bertz CT molecular complexity index is 385. The average molecular weight is 264 g/mol. The van der Waals surface area contributed by atoms with E-state index in [1.807, 2.05) is 11.3 Å². The summed E-state index contributed by atoms with van der Waals surface area (Å²) in [6, 6.07) is 5.66. The zero-order chi connectivity index (χ0) is 12.6. The van der Waals surface area contributed by atoms with Crippen molar-refractivity contribution in [3.05, 3.63) is 22.4 Å². The number of thiophene rings is 1. The van der Waals surface area contributed by atoms with Crippen LogP contribution in [0.25, 0.3) is 0 Å². The molecule has 2 aliphatic carbocycles. The minimum atomic E-state index is 0.347. The van der Waals surface area contributed by atoms with Crippen molar-refractivity contribution in [3.8, 4) is 0 Å². The van der Waals surface area contributed by atoms with Crippen molar-refractivity contribution in [2.45, 2.75) is 57.7 Å². The highest BCUT2D eigenvalue weighted by atomic mass is 32.1. The first-order valence-corrected chi connectivity index (χ1v) is 8.07. The molecule has 0 aliphatic heterocycles. The van der Waals surface area contributed by atoms with Crippen LogP contribution in [0.5, 0.6) is 0 Å². The van der Waals surface area contributed by atoms with Gasteiger partial charge in [0.2, 0.25) is 0 Å². The second kappa shape index (κ2) is 4.95. The molecule has 1 aromatic rings. The van der Waals surface area contributed by atoms with Crippen LogP contribution < -0.4 is 5.73 Å². The Morgan fingerprint density at radius 2 is 2.28 bits per heavy atom. The molecule has 2 N–H and O–H groups in total. The van der Waals surface area contributed by atoms with Crippen LogP contribution in [0, 0.1) is 5.41 Å². The second-order valence-electron chi connectivity index (χ2n) is 6.37. The van der Waals surface area contributed by atoms with E-state index in [0.29, 0.717) is 11.5 Å². The summed E-state index contributed by atoms with van der Waals surface area (Å²) in [5, 5.41) is 2.18. The maximum absolute atomic E-state index is 6.33.